The fraction of sp³-hybridized carbons (Fsp3) is 0.240. The summed E-state index contributed by atoms with van der Waals surface area (Å²) in [6.45, 7) is 8.34. The molecule has 0 atom stereocenters. The Hall–Kier alpha value is -3.05. The third kappa shape index (κ3) is 3.85. The Balaban J connectivity index is 1.81. The van der Waals surface area contributed by atoms with Gasteiger partial charge < -0.3 is 0 Å². The molecule has 5 heteroatoms. The molecule has 0 N–H and O–H groups in total. The van der Waals surface area contributed by atoms with E-state index in [1.807, 2.05) is 55.5 Å². The predicted octanol–water partition coefficient (Wildman–Crippen LogP) is 3.86. The summed E-state index contributed by atoms with van der Waals surface area (Å²) in [6.07, 6.45) is 2.33. The van der Waals surface area contributed by atoms with Crippen molar-refractivity contribution in [3.63, 3.8) is 0 Å². The maximum atomic E-state index is 13.1. The van der Waals surface area contributed by atoms with Crippen LogP contribution in [0, 0.1) is 6.92 Å². The molecule has 4 rings (SSSR count). The first-order valence-corrected chi connectivity index (χ1v) is 10.8. The van der Waals surface area contributed by atoms with E-state index in [4.69, 9.17) is 0 Å². The second kappa shape index (κ2) is 7.65. The minimum atomic E-state index is -0.265. The van der Waals surface area contributed by atoms with Crippen LogP contribution in [-0.2, 0) is 11.8 Å². The molecule has 2 heterocycles. The van der Waals surface area contributed by atoms with Gasteiger partial charge in [-0.05, 0) is 35.1 Å². The molecule has 0 radical (unpaired) electrons. The van der Waals surface area contributed by atoms with Crippen LogP contribution in [0.3, 0.4) is 0 Å². The Labute approximate surface area is 179 Å². The number of thiazole rings is 1. The number of aromatic nitrogens is 2. The molecule has 4 aromatic rings. The van der Waals surface area contributed by atoms with E-state index in [9.17, 15) is 9.59 Å². The van der Waals surface area contributed by atoms with Crippen LogP contribution in [0.25, 0.3) is 11.0 Å². The highest BCUT2D eigenvalue weighted by atomic mass is 32.1. The van der Waals surface area contributed by atoms with Crippen LogP contribution < -0.4 is 15.7 Å². The van der Waals surface area contributed by atoms with Crippen LogP contribution in [0.2, 0.25) is 0 Å². The van der Waals surface area contributed by atoms with Gasteiger partial charge >= 0.3 is 0 Å². The molecule has 0 saturated carbocycles. The fourth-order valence-corrected chi connectivity index (χ4v) is 4.53. The zero-order valence-electron chi connectivity index (χ0n) is 17.6. The first-order valence-electron chi connectivity index (χ1n) is 9.95. The van der Waals surface area contributed by atoms with Crippen LogP contribution in [0.15, 0.2) is 64.2 Å². The van der Waals surface area contributed by atoms with Gasteiger partial charge in [0.25, 0.3) is 11.1 Å². The summed E-state index contributed by atoms with van der Waals surface area (Å²) < 4.78 is 2.14. The van der Waals surface area contributed by atoms with Crippen molar-refractivity contribution in [1.29, 1.82) is 0 Å². The maximum absolute atomic E-state index is 13.1. The van der Waals surface area contributed by atoms with E-state index < -0.39 is 0 Å². The Bertz CT molecular complexity index is 1380. The SMILES string of the molecule is Cc1c(Cc2ccccc2)c(=O)nc2s/c(=C\c3ccc(C(C)(C)C)cc3)c(=O)n12. The quantitative estimate of drug-likeness (QED) is 0.510. The van der Waals surface area contributed by atoms with Crippen molar-refractivity contribution < 1.29 is 0 Å². The van der Waals surface area contributed by atoms with Crippen LogP contribution in [0.5, 0.6) is 0 Å². The van der Waals surface area contributed by atoms with Gasteiger partial charge in [0, 0.05) is 17.7 Å². The van der Waals surface area contributed by atoms with E-state index in [-0.39, 0.29) is 16.5 Å². The van der Waals surface area contributed by atoms with Crippen molar-refractivity contribution in [3.8, 4) is 0 Å². The Morgan fingerprint density at radius 2 is 1.67 bits per heavy atom. The molecule has 2 aromatic heterocycles. The standard InChI is InChI=1S/C25H24N2O2S/c1-16-20(14-17-8-6-5-7-9-17)22(28)26-24-27(16)23(29)21(30-24)15-18-10-12-19(13-11-18)25(2,3)4/h5-13,15H,14H2,1-4H3/b21-15-. The van der Waals surface area contributed by atoms with Crippen LogP contribution in [-0.4, -0.2) is 9.38 Å². The molecule has 0 unspecified atom stereocenters. The van der Waals surface area contributed by atoms with Gasteiger partial charge in [-0.1, -0.05) is 86.7 Å². The molecule has 30 heavy (non-hydrogen) atoms. The fourth-order valence-electron chi connectivity index (χ4n) is 3.52. The van der Waals surface area contributed by atoms with Gasteiger partial charge in [0.1, 0.15) is 0 Å². The molecule has 0 aliphatic rings. The summed E-state index contributed by atoms with van der Waals surface area (Å²) in [7, 11) is 0. The highest BCUT2D eigenvalue weighted by molar-refractivity contribution is 7.15. The third-order valence-electron chi connectivity index (χ3n) is 5.33. The smallest absolute Gasteiger partial charge is 0.267 e. The highest BCUT2D eigenvalue weighted by Gasteiger charge is 2.15. The van der Waals surface area contributed by atoms with E-state index >= 15 is 0 Å². The molecular formula is C25H24N2O2S. The van der Waals surface area contributed by atoms with Crippen molar-refractivity contribution in [2.24, 2.45) is 0 Å². The van der Waals surface area contributed by atoms with Crippen molar-refractivity contribution >= 4 is 22.4 Å². The van der Waals surface area contributed by atoms with Crippen LogP contribution >= 0.6 is 11.3 Å². The largest absolute Gasteiger partial charge is 0.277 e. The van der Waals surface area contributed by atoms with Crippen molar-refractivity contribution in [2.75, 3.05) is 0 Å². The monoisotopic (exact) mass is 416 g/mol. The lowest BCUT2D eigenvalue weighted by atomic mass is 9.87. The molecule has 152 valence electrons. The maximum Gasteiger partial charge on any atom is 0.277 e. The topological polar surface area (TPSA) is 51.4 Å². The van der Waals surface area contributed by atoms with E-state index in [1.54, 1.807) is 4.40 Å². The number of benzene rings is 2. The van der Waals surface area contributed by atoms with Crippen molar-refractivity contribution in [1.82, 2.24) is 9.38 Å². The summed E-state index contributed by atoms with van der Waals surface area (Å²) >= 11 is 1.26. The first kappa shape index (κ1) is 20.2. The molecule has 0 spiro atoms. The number of hydrogen-bond donors (Lipinski definition) is 0. The van der Waals surface area contributed by atoms with Gasteiger partial charge in [-0.25, -0.2) is 0 Å². The van der Waals surface area contributed by atoms with Crippen LogP contribution in [0.1, 0.15) is 48.7 Å². The summed E-state index contributed by atoms with van der Waals surface area (Å²) in [5.41, 5.74) is 4.13. The summed E-state index contributed by atoms with van der Waals surface area (Å²) in [5, 5.41) is 0. The minimum absolute atomic E-state index is 0.0798. The molecule has 0 amide bonds. The Morgan fingerprint density at radius 3 is 2.30 bits per heavy atom. The molecular weight excluding hydrogens is 392 g/mol. The minimum Gasteiger partial charge on any atom is -0.267 e. The lowest BCUT2D eigenvalue weighted by Gasteiger charge is -2.18. The van der Waals surface area contributed by atoms with Gasteiger partial charge in [-0.15, -0.1) is 0 Å². The first-order chi connectivity index (χ1) is 14.2. The average Bonchev–Trinajstić information content (AvgIpc) is 3.01. The molecule has 0 bridgehead atoms. The summed E-state index contributed by atoms with van der Waals surface area (Å²) in [4.78, 5) is 30.4. The van der Waals surface area contributed by atoms with E-state index in [2.05, 4.69) is 37.9 Å². The predicted molar refractivity (Wildman–Crippen MR) is 124 cm³/mol. The lowest BCUT2D eigenvalue weighted by Crippen LogP contribution is -2.27. The zero-order chi connectivity index (χ0) is 21.5. The van der Waals surface area contributed by atoms with E-state index in [0.29, 0.717) is 27.2 Å². The molecule has 0 fully saturated rings. The van der Waals surface area contributed by atoms with E-state index in [1.165, 1.54) is 16.9 Å². The average molecular weight is 417 g/mol. The molecule has 4 nitrogen and oxygen atoms in total. The van der Waals surface area contributed by atoms with Crippen LogP contribution in [0.4, 0.5) is 0 Å². The van der Waals surface area contributed by atoms with Gasteiger partial charge in [-0.2, -0.15) is 4.98 Å². The zero-order valence-corrected chi connectivity index (χ0v) is 18.4. The second-order valence-electron chi connectivity index (χ2n) is 8.55. The number of hydrogen-bond acceptors (Lipinski definition) is 4. The molecule has 0 aliphatic heterocycles. The summed E-state index contributed by atoms with van der Waals surface area (Å²) in [5.74, 6) is 0. The highest BCUT2D eigenvalue weighted by Crippen LogP contribution is 2.22. The molecule has 0 aliphatic carbocycles. The van der Waals surface area contributed by atoms with E-state index in [0.717, 1.165) is 11.1 Å². The number of fused-ring (bicyclic) bond motifs is 1. The Morgan fingerprint density at radius 1 is 1.00 bits per heavy atom. The number of aryl methyl sites for hydroxylation is 1. The van der Waals surface area contributed by atoms with Crippen molar-refractivity contribution in [2.45, 2.75) is 39.5 Å². The van der Waals surface area contributed by atoms with Crippen molar-refractivity contribution in [3.05, 3.63) is 108 Å². The number of nitrogens with zero attached hydrogens (tertiary/aromatic N) is 2. The third-order valence-corrected chi connectivity index (χ3v) is 6.30. The lowest BCUT2D eigenvalue weighted by molar-refractivity contribution is 0.590. The number of rotatable bonds is 3. The molecule has 2 aromatic carbocycles. The molecule has 0 saturated heterocycles. The van der Waals surface area contributed by atoms with Gasteiger partial charge in [0.05, 0.1) is 4.53 Å². The van der Waals surface area contributed by atoms with Gasteiger partial charge in [0.15, 0.2) is 0 Å². The van der Waals surface area contributed by atoms with Gasteiger partial charge in [-0.3, -0.25) is 14.0 Å². The second-order valence-corrected chi connectivity index (χ2v) is 9.56. The summed E-state index contributed by atoms with van der Waals surface area (Å²) in [6, 6.07) is 18.0. The normalized spacial score (nSPS) is 12.6. The van der Waals surface area contributed by atoms with Gasteiger partial charge in [0.2, 0.25) is 4.96 Å². The Kier molecular flexibility index (Phi) is 5.16.